The van der Waals surface area contributed by atoms with E-state index in [1.54, 1.807) is 12.1 Å². The highest BCUT2D eigenvalue weighted by Gasteiger charge is 2.26. The van der Waals surface area contributed by atoms with Gasteiger partial charge in [-0.05, 0) is 76.3 Å². The van der Waals surface area contributed by atoms with Gasteiger partial charge < -0.3 is 5.11 Å². The van der Waals surface area contributed by atoms with E-state index in [-0.39, 0.29) is 11.7 Å². The first-order valence-electron chi connectivity index (χ1n) is 17.1. The van der Waals surface area contributed by atoms with E-state index in [0.29, 0.717) is 4.90 Å². The van der Waals surface area contributed by atoms with Gasteiger partial charge in [0.15, 0.2) is 9.84 Å². The van der Waals surface area contributed by atoms with Crippen molar-refractivity contribution >= 4 is 15.8 Å². The van der Waals surface area contributed by atoms with Crippen molar-refractivity contribution in [3.8, 4) is 0 Å². The molecule has 1 atom stereocenters. The molecule has 1 aromatic carbocycles. The molecule has 0 saturated carbocycles. The van der Waals surface area contributed by atoms with Crippen LogP contribution in [-0.4, -0.2) is 24.7 Å². The Kier molecular flexibility index (Phi) is 24.4. The van der Waals surface area contributed by atoms with E-state index in [1.165, 1.54) is 25.7 Å². The molecule has 0 aliphatic carbocycles. The molecule has 1 rings (SSSR count). The second-order valence-electron chi connectivity index (χ2n) is 11.6. The molecule has 0 aliphatic rings. The van der Waals surface area contributed by atoms with Crippen molar-refractivity contribution in [2.24, 2.45) is 0 Å². The van der Waals surface area contributed by atoms with Gasteiger partial charge in [-0.2, -0.15) is 0 Å². The monoisotopic (exact) mass is 612 g/mol. The zero-order chi connectivity index (χ0) is 31.3. The third-order valence-electron chi connectivity index (χ3n) is 7.78. The number of carbonyl (C=O) groups is 1. The summed E-state index contributed by atoms with van der Waals surface area (Å²) in [4.78, 5) is 11.0. The van der Waals surface area contributed by atoms with Crippen LogP contribution in [0, 0.1) is 0 Å². The summed E-state index contributed by atoms with van der Waals surface area (Å²) in [6.45, 7) is 2.24. The van der Waals surface area contributed by atoms with Gasteiger partial charge in [-0.3, -0.25) is 4.79 Å². The molecule has 0 saturated heterocycles. The number of allylic oxidation sites excluding steroid dienone is 8. The maximum Gasteiger partial charge on any atom is 0.303 e. The van der Waals surface area contributed by atoms with Crippen LogP contribution in [0.2, 0.25) is 0 Å². The Morgan fingerprint density at radius 2 is 1.07 bits per heavy atom. The van der Waals surface area contributed by atoms with Crippen LogP contribution in [0.1, 0.15) is 142 Å². The number of unbranched alkanes of at least 4 members (excludes halogenated alkanes) is 12. The van der Waals surface area contributed by atoms with Gasteiger partial charge >= 0.3 is 5.97 Å². The zero-order valence-corrected chi connectivity index (χ0v) is 27.8. The molecule has 0 aromatic heterocycles. The van der Waals surface area contributed by atoms with E-state index in [2.05, 4.69) is 55.5 Å². The molecule has 242 valence electrons. The molecule has 0 spiro atoms. The minimum Gasteiger partial charge on any atom is -0.481 e. The van der Waals surface area contributed by atoms with E-state index in [0.717, 1.165) is 103 Å². The number of hydrogen-bond acceptors (Lipinski definition) is 3. The van der Waals surface area contributed by atoms with Crippen LogP contribution in [0.25, 0.3) is 0 Å². The highest BCUT2D eigenvalue weighted by atomic mass is 32.2. The van der Waals surface area contributed by atoms with Crippen molar-refractivity contribution in [3.05, 3.63) is 78.9 Å². The van der Waals surface area contributed by atoms with Gasteiger partial charge in [0.1, 0.15) is 0 Å². The first-order valence-corrected chi connectivity index (χ1v) is 18.6. The number of carboxylic acids is 1. The molecule has 5 heteroatoms. The number of rotatable bonds is 28. The number of carboxylic acid groups (broad SMARTS) is 1. The summed E-state index contributed by atoms with van der Waals surface area (Å²) in [5, 5.41) is 8.40. The molecular formula is C38H60O4S. The van der Waals surface area contributed by atoms with E-state index in [1.807, 2.05) is 18.2 Å². The average molecular weight is 613 g/mol. The van der Waals surface area contributed by atoms with Crippen LogP contribution in [0.5, 0.6) is 0 Å². The lowest BCUT2D eigenvalue weighted by atomic mass is 10.0. The van der Waals surface area contributed by atoms with E-state index in [4.69, 9.17) is 5.11 Å². The molecule has 0 radical (unpaired) electrons. The Labute approximate surface area is 264 Å². The first kappa shape index (κ1) is 38.6. The smallest absolute Gasteiger partial charge is 0.303 e. The Morgan fingerprint density at radius 1 is 0.628 bits per heavy atom. The van der Waals surface area contributed by atoms with Crippen LogP contribution in [0.4, 0.5) is 0 Å². The summed E-state index contributed by atoms with van der Waals surface area (Å²) in [6, 6.07) is 8.94. The molecule has 0 aliphatic heterocycles. The van der Waals surface area contributed by atoms with Crippen molar-refractivity contribution < 1.29 is 18.3 Å². The summed E-state index contributed by atoms with van der Waals surface area (Å²) in [5.41, 5.74) is 0. The Balaban J connectivity index is 2.29. The Bertz CT molecular complexity index is 1020. The van der Waals surface area contributed by atoms with E-state index < -0.39 is 15.8 Å². The van der Waals surface area contributed by atoms with Crippen molar-refractivity contribution in [1.82, 2.24) is 0 Å². The molecular weight excluding hydrogens is 552 g/mol. The predicted octanol–water partition coefficient (Wildman–Crippen LogP) is 11.4. The summed E-state index contributed by atoms with van der Waals surface area (Å²) in [6.07, 6.45) is 38.7. The molecule has 1 aromatic rings. The molecule has 0 fully saturated rings. The van der Waals surface area contributed by atoms with Gasteiger partial charge in [0, 0.05) is 6.42 Å². The number of hydrogen-bond donors (Lipinski definition) is 1. The quantitative estimate of drug-likeness (QED) is 0.0755. The fraction of sp³-hybridized carbons (Fsp3) is 0.605. The molecule has 0 amide bonds. The normalized spacial score (nSPS) is 13.2. The van der Waals surface area contributed by atoms with Crippen molar-refractivity contribution in [2.75, 3.05) is 0 Å². The highest BCUT2D eigenvalue weighted by Crippen LogP contribution is 2.25. The second-order valence-corrected chi connectivity index (χ2v) is 13.8. The van der Waals surface area contributed by atoms with Gasteiger partial charge in [0.2, 0.25) is 0 Å². The summed E-state index contributed by atoms with van der Waals surface area (Å²) in [5.74, 6) is -0.713. The van der Waals surface area contributed by atoms with Crippen LogP contribution >= 0.6 is 0 Å². The van der Waals surface area contributed by atoms with Gasteiger partial charge in [-0.25, -0.2) is 8.42 Å². The van der Waals surface area contributed by atoms with Gasteiger partial charge in [0.05, 0.1) is 10.1 Å². The van der Waals surface area contributed by atoms with Gasteiger partial charge in [-0.1, -0.05) is 138 Å². The lowest BCUT2D eigenvalue weighted by Gasteiger charge is -2.18. The summed E-state index contributed by atoms with van der Waals surface area (Å²) < 4.78 is 26.8. The third-order valence-corrected chi connectivity index (χ3v) is 10.1. The number of sulfone groups is 1. The molecule has 1 N–H and O–H groups in total. The lowest BCUT2D eigenvalue weighted by Crippen LogP contribution is -2.21. The van der Waals surface area contributed by atoms with Gasteiger partial charge in [0.25, 0.3) is 0 Å². The minimum absolute atomic E-state index is 0.265. The zero-order valence-electron chi connectivity index (χ0n) is 27.0. The fourth-order valence-corrected chi connectivity index (χ4v) is 7.04. The number of benzene rings is 1. The van der Waals surface area contributed by atoms with Crippen LogP contribution < -0.4 is 0 Å². The number of aliphatic carboxylic acids is 1. The van der Waals surface area contributed by atoms with Crippen molar-refractivity contribution in [1.29, 1.82) is 0 Å². The van der Waals surface area contributed by atoms with Crippen molar-refractivity contribution in [2.45, 2.75) is 152 Å². The standard InChI is InChI=1S/C38H60O4S/c1-2-3-4-5-6-7-8-9-10-11-12-13-14-15-16-19-22-26-31-36(43(41,42)37-33-28-25-29-34-37)32-27-23-20-17-18-21-24-30-35-38(39)40/h6-7,9-10,12-13,15-16,25,28-29,33-34,36H,2-5,8,11,14,17-24,26-27,30-32,35H2,1H3,(H,39,40). The van der Waals surface area contributed by atoms with Crippen molar-refractivity contribution in [3.63, 3.8) is 0 Å². The topological polar surface area (TPSA) is 71.4 Å². The lowest BCUT2D eigenvalue weighted by molar-refractivity contribution is -0.137. The van der Waals surface area contributed by atoms with Crippen LogP contribution in [-0.2, 0) is 14.6 Å². The molecule has 1 unspecified atom stereocenters. The first-order chi connectivity index (χ1) is 21.0. The Hall–Kier alpha value is -2.40. The van der Waals surface area contributed by atoms with E-state index in [9.17, 15) is 13.2 Å². The molecule has 0 bridgehead atoms. The Morgan fingerprint density at radius 3 is 1.58 bits per heavy atom. The predicted molar refractivity (Wildman–Crippen MR) is 184 cm³/mol. The van der Waals surface area contributed by atoms with E-state index >= 15 is 0 Å². The third kappa shape index (κ3) is 21.9. The minimum atomic E-state index is -3.32. The largest absolute Gasteiger partial charge is 0.481 e. The highest BCUT2D eigenvalue weighted by molar-refractivity contribution is 7.92. The van der Waals surface area contributed by atoms with Crippen LogP contribution in [0.15, 0.2) is 83.8 Å². The van der Waals surface area contributed by atoms with Gasteiger partial charge in [-0.15, -0.1) is 0 Å². The summed E-state index contributed by atoms with van der Waals surface area (Å²) >= 11 is 0. The SMILES string of the molecule is CCCCCC=CCC=CCC=CCC=CCCCCC(CCCCCCCCCCC(=O)O)S(=O)(=O)c1ccccc1. The average Bonchev–Trinajstić information content (AvgIpc) is 3.00. The summed E-state index contributed by atoms with van der Waals surface area (Å²) in [7, 11) is -3.32. The maximum atomic E-state index is 13.4. The molecule has 0 heterocycles. The van der Waals surface area contributed by atoms with Crippen LogP contribution in [0.3, 0.4) is 0 Å². The maximum absolute atomic E-state index is 13.4. The second kappa shape index (κ2) is 27.2. The molecule has 43 heavy (non-hydrogen) atoms. The fourth-order valence-electron chi connectivity index (χ4n) is 5.16. The molecule has 4 nitrogen and oxygen atoms in total.